The first-order valence-electron chi connectivity index (χ1n) is 8.98. The largest absolute Gasteiger partial charge is 0.321 e. The van der Waals surface area contributed by atoms with Gasteiger partial charge in [-0.2, -0.15) is 0 Å². The standard InChI is InChI=1S/C22H17Cl3N2O3S/c1-2-13-27(16-9-7-15(23)8-10-16)31(29,30)17-11-12-19(24)18(14-17)22(28)26-21-6-4-3-5-20(21)25/h2-12,14H,1,13H2,(H,26,28). The van der Waals surface area contributed by atoms with Crippen LogP contribution in [-0.2, 0) is 10.0 Å². The summed E-state index contributed by atoms with van der Waals surface area (Å²) in [5.74, 6) is -0.586. The van der Waals surface area contributed by atoms with Gasteiger partial charge in [0.25, 0.3) is 15.9 Å². The van der Waals surface area contributed by atoms with Crippen molar-refractivity contribution in [1.29, 1.82) is 0 Å². The molecule has 0 bridgehead atoms. The van der Waals surface area contributed by atoms with Gasteiger partial charge in [0.2, 0.25) is 0 Å². The van der Waals surface area contributed by atoms with E-state index in [0.29, 0.717) is 21.4 Å². The van der Waals surface area contributed by atoms with Crippen molar-refractivity contribution in [2.45, 2.75) is 4.90 Å². The lowest BCUT2D eigenvalue weighted by molar-refractivity contribution is 0.102. The second-order valence-corrected chi connectivity index (χ2v) is 9.49. The zero-order valence-corrected chi connectivity index (χ0v) is 19.1. The number of sulfonamides is 1. The van der Waals surface area contributed by atoms with Crippen molar-refractivity contribution in [2.75, 3.05) is 16.2 Å². The van der Waals surface area contributed by atoms with Crippen LogP contribution in [0.4, 0.5) is 11.4 Å². The summed E-state index contributed by atoms with van der Waals surface area (Å²) in [6.45, 7) is 3.66. The summed E-state index contributed by atoms with van der Waals surface area (Å²) in [4.78, 5) is 12.7. The first-order valence-corrected chi connectivity index (χ1v) is 11.6. The predicted molar refractivity (Wildman–Crippen MR) is 127 cm³/mol. The number of hydrogen-bond acceptors (Lipinski definition) is 3. The Bertz CT molecular complexity index is 1230. The minimum absolute atomic E-state index is 0.00248. The highest BCUT2D eigenvalue weighted by Crippen LogP contribution is 2.29. The van der Waals surface area contributed by atoms with E-state index in [1.807, 2.05) is 0 Å². The highest BCUT2D eigenvalue weighted by Gasteiger charge is 2.26. The summed E-state index contributed by atoms with van der Waals surface area (Å²) in [5.41, 5.74) is 0.784. The van der Waals surface area contributed by atoms with Gasteiger partial charge in [-0.05, 0) is 54.6 Å². The Morgan fingerprint density at radius 3 is 2.29 bits per heavy atom. The van der Waals surface area contributed by atoms with Crippen molar-refractivity contribution in [3.8, 4) is 0 Å². The third-order valence-corrected chi connectivity index (χ3v) is 7.00. The molecule has 0 atom stereocenters. The average Bonchev–Trinajstić information content (AvgIpc) is 2.74. The Balaban J connectivity index is 2.00. The molecule has 3 aromatic carbocycles. The van der Waals surface area contributed by atoms with E-state index in [4.69, 9.17) is 34.8 Å². The first kappa shape index (κ1) is 23.2. The second-order valence-electron chi connectivity index (χ2n) is 6.38. The van der Waals surface area contributed by atoms with Gasteiger partial charge in [-0.25, -0.2) is 8.42 Å². The summed E-state index contributed by atoms with van der Waals surface area (Å²) in [6, 6.07) is 17.0. The van der Waals surface area contributed by atoms with Crippen LogP contribution in [0.1, 0.15) is 10.4 Å². The van der Waals surface area contributed by atoms with Crippen LogP contribution in [-0.4, -0.2) is 20.9 Å². The highest BCUT2D eigenvalue weighted by molar-refractivity contribution is 7.92. The first-order chi connectivity index (χ1) is 14.7. The zero-order valence-electron chi connectivity index (χ0n) is 16.1. The Kier molecular flexibility index (Phi) is 7.28. The van der Waals surface area contributed by atoms with Crippen molar-refractivity contribution in [3.63, 3.8) is 0 Å². The third kappa shape index (κ3) is 5.22. The fourth-order valence-corrected chi connectivity index (χ4v) is 4.76. The maximum Gasteiger partial charge on any atom is 0.264 e. The molecule has 0 aliphatic heterocycles. The summed E-state index contributed by atoms with van der Waals surface area (Å²) < 4.78 is 27.9. The monoisotopic (exact) mass is 494 g/mol. The van der Waals surface area contributed by atoms with Gasteiger partial charge in [0, 0.05) is 5.02 Å². The topological polar surface area (TPSA) is 66.5 Å². The molecule has 0 saturated heterocycles. The number of anilines is 2. The number of amides is 1. The van der Waals surface area contributed by atoms with Crippen LogP contribution in [0.3, 0.4) is 0 Å². The van der Waals surface area contributed by atoms with Crippen LogP contribution < -0.4 is 9.62 Å². The molecule has 0 aliphatic carbocycles. The summed E-state index contributed by atoms with van der Waals surface area (Å²) in [7, 11) is -4.03. The molecule has 0 heterocycles. The van der Waals surface area contributed by atoms with Crippen molar-refractivity contribution < 1.29 is 13.2 Å². The maximum atomic E-state index is 13.4. The van der Waals surface area contributed by atoms with Crippen LogP contribution in [0.15, 0.2) is 84.3 Å². The Morgan fingerprint density at radius 2 is 1.65 bits per heavy atom. The minimum Gasteiger partial charge on any atom is -0.321 e. The number of halogens is 3. The second kappa shape index (κ2) is 9.75. The lowest BCUT2D eigenvalue weighted by Gasteiger charge is -2.23. The fourth-order valence-electron chi connectivity index (χ4n) is 2.79. The van der Waals surface area contributed by atoms with Crippen molar-refractivity contribution in [1.82, 2.24) is 0 Å². The number of benzene rings is 3. The number of nitrogens with zero attached hydrogens (tertiary/aromatic N) is 1. The molecule has 0 aliphatic rings. The number of hydrogen-bond donors (Lipinski definition) is 1. The Hall–Kier alpha value is -2.51. The van der Waals surface area contributed by atoms with Gasteiger partial charge < -0.3 is 5.32 Å². The number of rotatable bonds is 7. The number of carbonyl (C=O) groups excluding carboxylic acids is 1. The number of carbonyl (C=O) groups is 1. The van der Waals surface area contributed by atoms with Crippen LogP contribution >= 0.6 is 34.8 Å². The molecule has 9 heteroatoms. The molecule has 3 rings (SSSR count). The van der Waals surface area contributed by atoms with Gasteiger partial charge in [-0.15, -0.1) is 6.58 Å². The van der Waals surface area contributed by atoms with Gasteiger partial charge in [-0.3, -0.25) is 9.10 Å². The molecule has 0 aromatic heterocycles. The van der Waals surface area contributed by atoms with Crippen molar-refractivity contribution in [2.24, 2.45) is 0 Å². The number of para-hydroxylation sites is 1. The zero-order chi connectivity index (χ0) is 22.6. The number of nitrogens with one attached hydrogen (secondary N) is 1. The van der Waals surface area contributed by atoms with Crippen LogP contribution in [0.2, 0.25) is 15.1 Å². The van der Waals surface area contributed by atoms with E-state index < -0.39 is 15.9 Å². The molecule has 5 nitrogen and oxygen atoms in total. The Morgan fingerprint density at radius 1 is 0.968 bits per heavy atom. The quantitative estimate of drug-likeness (QED) is 0.392. The van der Waals surface area contributed by atoms with Crippen LogP contribution in [0.25, 0.3) is 0 Å². The maximum absolute atomic E-state index is 13.4. The third-order valence-electron chi connectivity index (χ3n) is 4.30. The normalized spacial score (nSPS) is 11.1. The van der Waals surface area contributed by atoms with E-state index in [0.717, 1.165) is 4.31 Å². The SMILES string of the molecule is C=CCN(c1ccc(Cl)cc1)S(=O)(=O)c1ccc(Cl)c(C(=O)Nc2ccccc2Cl)c1. The van der Waals surface area contributed by atoms with Gasteiger partial charge in [0.1, 0.15) is 0 Å². The van der Waals surface area contributed by atoms with Crippen molar-refractivity contribution in [3.05, 3.63) is 100 Å². The van der Waals surface area contributed by atoms with Crippen LogP contribution in [0, 0.1) is 0 Å². The van der Waals surface area contributed by atoms with Gasteiger partial charge in [-0.1, -0.05) is 53.0 Å². The van der Waals surface area contributed by atoms with Crippen molar-refractivity contribution >= 4 is 62.1 Å². The predicted octanol–water partition coefficient (Wildman–Crippen LogP) is 6.28. The summed E-state index contributed by atoms with van der Waals surface area (Å²) in [5, 5.41) is 3.57. The molecule has 1 amide bonds. The Labute approximate surface area is 195 Å². The van der Waals surface area contributed by atoms with E-state index in [-0.39, 0.29) is 22.0 Å². The van der Waals surface area contributed by atoms with Crippen LogP contribution in [0.5, 0.6) is 0 Å². The molecule has 0 spiro atoms. The molecular formula is C22H17Cl3N2O3S. The summed E-state index contributed by atoms with van der Waals surface area (Å²) >= 11 is 18.2. The molecule has 3 aromatic rings. The molecule has 0 fully saturated rings. The van der Waals surface area contributed by atoms with E-state index >= 15 is 0 Å². The van der Waals surface area contributed by atoms with E-state index in [9.17, 15) is 13.2 Å². The molecule has 160 valence electrons. The molecule has 0 radical (unpaired) electrons. The molecular weight excluding hydrogens is 479 g/mol. The minimum atomic E-state index is -4.03. The molecule has 31 heavy (non-hydrogen) atoms. The van der Waals surface area contributed by atoms with E-state index in [1.165, 1.54) is 24.3 Å². The van der Waals surface area contributed by atoms with Gasteiger partial charge in [0.05, 0.1) is 38.4 Å². The summed E-state index contributed by atoms with van der Waals surface area (Å²) in [6.07, 6.45) is 1.47. The lowest BCUT2D eigenvalue weighted by Crippen LogP contribution is -2.31. The highest BCUT2D eigenvalue weighted by atomic mass is 35.5. The smallest absolute Gasteiger partial charge is 0.264 e. The average molecular weight is 496 g/mol. The fraction of sp³-hybridized carbons (Fsp3) is 0.0455. The van der Waals surface area contributed by atoms with E-state index in [2.05, 4.69) is 11.9 Å². The molecule has 1 N–H and O–H groups in total. The van der Waals surface area contributed by atoms with E-state index in [1.54, 1.807) is 48.5 Å². The molecule has 0 unspecified atom stereocenters. The lowest BCUT2D eigenvalue weighted by atomic mass is 10.2. The molecule has 0 saturated carbocycles. The van der Waals surface area contributed by atoms with Gasteiger partial charge in [0.15, 0.2) is 0 Å². The van der Waals surface area contributed by atoms with Gasteiger partial charge >= 0.3 is 0 Å².